The van der Waals surface area contributed by atoms with Crippen LogP contribution in [0, 0.1) is 0 Å². The van der Waals surface area contributed by atoms with Crippen LogP contribution in [0.15, 0.2) is 42.7 Å². The maximum atomic E-state index is 12.5. The molecule has 3 aromatic rings. The molecule has 5 nitrogen and oxygen atoms in total. The quantitative estimate of drug-likeness (QED) is 0.638. The van der Waals surface area contributed by atoms with Crippen LogP contribution in [-0.2, 0) is 24.2 Å². The summed E-state index contributed by atoms with van der Waals surface area (Å²) < 4.78 is 1.82. The number of amides is 1. The molecule has 0 saturated heterocycles. The van der Waals surface area contributed by atoms with Gasteiger partial charge >= 0.3 is 0 Å². The Kier molecular flexibility index (Phi) is 5.44. The predicted molar refractivity (Wildman–Crippen MR) is 109 cm³/mol. The minimum absolute atomic E-state index is 0.0193. The van der Waals surface area contributed by atoms with Gasteiger partial charge in [-0.2, -0.15) is 0 Å². The van der Waals surface area contributed by atoms with Gasteiger partial charge < -0.3 is 9.72 Å². The number of imidazole rings is 1. The van der Waals surface area contributed by atoms with Gasteiger partial charge in [-0.25, -0.2) is 4.98 Å². The van der Waals surface area contributed by atoms with E-state index in [4.69, 9.17) is 11.6 Å². The molecule has 0 unspecified atom stereocenters. The maximum absolute atomic E-state index is 12.5. The molecular formula is C22H22ClN3O2. The summed E-state index contributed by atoms with van der Waals surface area (Å²) in [6.07, 6.45) is 8.54. The molecule has 6 heteroatoms. The lowest BCUT2D eigenvalue weighted by Crippen LogP contribution is -2.23. The summed E-state index contributed by atoms with van der Waals surface area (Å²) in [5.41, 5.74) is 4.88. The average Bonchev–Trinajstić information content (AvgIpc) is 3.12. The smallest absolute Gasteiger partial charge is 0.220 e. The number of nitrogens with one attached hydrogen (secondary N) is 1. The molecule has 2 heterocycles. The first-order chi connectivity index (χ1) is 13.6. The lowest BCUT2D eigenvalue weighted by atomic mass is 9.89. The van der Waals surface area contributed by atoms with E-state index in [0.29, 0.717) is 17.1 Å². The number of nitrogens with zero attached hydrogens (tertiary/aromatic N) is 2. The molecule has 28 heavy (non-hydrogen) atoms. The normalized spacial score (nSPS) is 13.3. The Bertz CT molecular complexity index is 1040. The van der Waals surface area contributed by atoms with Crippen LogP contribution >= 0.6 is 11.6 Å². The van der Waals surface area contributed by atoms with Gasteiger partial charge in [-0.15, -0.1) is 0 Å². The summed E-state index contributed by atoms with van der Waals surface area (Å²) in [6, 6.07) is 9.57. The number of Topliss-reactive ketones (excluding diaryl/α,β-unsaturated/α-hetero) is 1. The Morgan fingerprint density at radius 2 is 1.86 bits per heavy atom. The molecule has 1 amide bonds. The number of carbonyl (C=O) groups is 2. The van der Waals surface area contributed by atoms with Crippen molar-refractivity contribution in [2.24, 2.45) is 0 Å². The van der Waals surface area contributed by atoms with Crippen molar-refractivity contribution in [1.29, 1.82) is 0 Å². The number of benzene rings is 1. The number of ketones is 1. The number of aryl methyl sites for hydroxylation is 2. The Balaban J connectivity index is 1.29. The van der Waals surface area contributed by atoms with Crippen LogP contribution in [-0.4, -0.2) is 21.1 Å². The standard InChI is InChI=1S/C22H22ClN3O2/c23-18-7-9-21-25-19(14-26(21)13-18)12-24-22(28)10-8-20(27)17-6-5-15-3-1-2-4-16(15)11-17/h5-7,9,11,13-14H,1-4,8,10,12H2,(H,24,28). The summed E-state index contributed by atoms with van der Waals surface area (Å²) in [5, 5.41) is 3.46. The maximum Gasteiger partial charge on any atom is 0.220 e. The van der Waals surface area contributed by atoms with Crippen molar-refractivity contribution in [3.05, 3.63) is 70.1 Å². The molecule has 0 saturated carbocycles. The largest absolute Gasteiger partial charge is 0.350 e. The van der Waals surface area contributed by atoms with Crippen molar-refractivity contribution in [3.63, 3.8) is 0 Å². The second-order valence-corrected chi connectivity index (χ2v) is 7.67. The van der Waals surface area contributed by atoms with E-state index < -0.39 is 0 Å². The molecule has 4 rings (SSSR count). The van der Waals surface area contributed by atoms with E-state index in [-0.39, 0.29) is 24.5 Å². The van der Waals surface area contributed by atoms with Gasteiger partial charge in [-0.1, -0.05) is 23.7 Å². The third-order valence-corrected chi connectivity index (χ3v) is 5.40. The van der Waals surface area contributed by atoms with Crippen molar-refractivity contribution in [3.8, 4) is 0 Å². The number of hydrogen-bond acceptors (Lipinski definition) is 3. The van der Waals surface area contributed by atoms with Crippen LogP contribution in [0.1, 0.15) is 52.9 Å². The molecule has 0 aliphatic heterocycles. The van der Waals surface area contributed by atoms with E-state index in [1.165, 1.54) is 24.0 Å². The fourth-order valence-corrected chi connectivity index (χ4v) is 3.83. The number of aromatic nitrogens is 2. The second-order valence-electron chi connectivity index (χ2n) is 7.24. The summed E-state index contributed by atoms with van der Waals surface area (Å²) in [5.74, 6) is -0.132. The topological polar surface area (TPSA) is 63.5 Å². The molecule has 0 atom stereocenters. The fraction of sp³-hybridized carbons (Fsp3) is 0.318. The minimum Gasteiger partial charge on any atom is -0.350 e. The summed E-state index contributed by atoms with van der Waals surface area (Å²) in [4.78, 5) is 29.0. The zero-order valence-corrected chi connectivity index (χ0v) is 16.3. The van der Waals surface area contributed by atoms with Crippen LogP contribution in [0.5, 0.6) is 0 Å². The molecule has 1 aliphatic carbocycles. The minimum atomic E-state index is -0.151. The van der Waals surface area contributed by atoms with Crippen molar-refractivity contribution in [2.75, 3.05) is 0 Å². The molecule has 0 radical (unpaired) electrons. The number of carbonyl (C=O) groups excluding carboxylic acids is 2. The molecule has 0 bridgehead atoms. The predicted octanol–water partition coefficient (Wildman–Crippen LogP) is 4.15. The monoisotopic (exact) mass is 395 g/mol. The highest BCUT2D eigenvalue weighted by Crippen LogP contribution is 2.23. The summed E-state index contributed by atoms with van der Waals surface area (Å²) in [6.45, 7) is 0.325. The zero-order chi connectivity index (χ0) is 19.5. The van der Waals surface area contributed by atoms with Gasteiger partial charge in [0.25, 0.3) is 0 Å². The van der Waals surface area contributed by atoms with Gasteiger partial charge in [0.1, 0.15) is 5.65 Å². The molecule has 144 valence electrons. The second kappa shape index (κ2) is 8.15. The number of hydrogen-bond donors (Lipinski definition) is 1. The number of fused-ring (bicyclic) bond motifs is 2. The Morgan fingerprint density at radius 3 is 2.71 bits per heavy atom. The van der Waals surface area contributed by atoms with E-state index in [0.717, 1.165) is 24.2 Å². The summed E-state index contributed by atoms with van der Waals surface area (Å²) >= 11 is 5.97. The van der Waals surface area contributed by atoms with Gasteiger partial charge in [-0.3, -0.25) is 9.59 Å². The van der Waals surface area contributed by atoms with Crippen LogP contribution in [0.3, 0.4) is 0 Å². The van der Waals surface area contributed by atoms with Crippen LogP contribution < -0.4 is 5.32 Å². The zero-order valence-electron chi connectivity index (χ0n) is 15.6. The fourth-order valence-electron chi connectivity index (χ4n) is 3.66. The van der Waals surface area contributed by atoms with E-state index in [1.807, 2.05) is 28.8 Å². The first-order valence-corrected chi connectivity index (χ1v) is 10.0. The van der Waals surface area contributed by atoms with E-state index in [1.54, 1.807) is 12.3 Å². The van der Waals surface area contributed by atoms with Crippen molar-refractivity contribution in [1.82, 2.24) is 14.7 Å². The highest BCUT2D eigenvalue weighted by Gasteiger charge is 2.14. The molecule has 1 N–H and O–H groups in total. The van der Waals surface area contributed by atoms with Gasteiger partial charge in [0.05, 0.1) is 17.3 Å². The SMILES string of the molecule is O=C(CCC(=O)c1ccc2c(c1)CCCC2)NCc1cn2cc(Cl)ccc2n1. The van der Waals surface area contributed by atoms with Crippen molar-refractivity contribution in [2.45, 2.75) is 45.1 Å². The Morgan fingerprint density at radius 1 is 1.04 bits per heavy atom. The van der Waals surface area contributed by atoms with Crippen LogP contribution in [0.25, 0.3) is 5.65 Å². The van der Waals surface area contributed by atoms with E-state index in [9.17, 15) is 9.59 Å². The highest BCUT2D eigenvalue weighted by atomic mass is 35.5. The number of rotatable bonds is 6. The Labute approximate surface area is 168 Å². The van der Waals surface area contributed by atoms with Gasteiger partial charge in [-0.05, 0) is 55.0 Å². The molecule has 1 aliphatic rings. The molecule has 1 aromatic carbocycles. The highest BCUT2D eigenvalue weighted by molar-refractivity contribution is 6.30. The van der Waals surface area contributed by atoms with Crippen molar-refractivity contribution >= 4 is 28.9 Å². The number of halogens is 1. The Hall–Kier alpha value is -2.66. The van der Waals surface area contributed by atoms with Gasteiger partial charge in [0.2, 0.25) is 5.91 Å². The molecule has 0 fully saturated rings. The number of pyridine rings is 1. The lowest BCUT2D eigenvalue weighted by Gasteiger charge is -2.16. The van der Waals surface area contributed by atoms with E-state index in [2.05, 4.69) is 16.4 Å². The van der Waals surface area contributed by atoms with Crippen LogP contribution in [0.2, 0.25) is 5.02 Å². The summed E-state index contributed by atoms with van der Waals surface area (Å²) in [7, 11) is 0. The first-order valence-electron chi connectivity index (χ1n) is 9.63. The molecular weight excluding hydrogens is 374 g/mol. The van der Waals surface area contributed by atoms with Crippen molar-refractivity contribution < 1.29 is 9.59 Å². The van der Waals surface area contributed by atoms with Gasteiger partial charge in [0.15, 0.2) is 5.78 Å². The molecule has 2 aromatic heterocycles. The third-order valence-electron chi connectivity index (χ3n) is 5.18. The third kappa shape index (κ3) is 4.25. The first kappa shape index (κ1) is 18.7. The van der Waals surface area contributed by atoms with Crippen LogP contribution in [0.4, 0.5) is 0 Å². The van der Waals surface area contributed by atoms with Gasteiger partial charge in [0, 0.05) is 30.8 Å². The van der Waals surface area contributed by atoms with E-state index >= 15 is 0 Å². The molecule has 0 spiro atoms. The average molecular weight is 396 g/mol. The lowest BCUT2D eigenvalue weighted by molar-refractivity contribution is -0.121.